The number of imidazole rings is 1. The highest BCUT2D eigenvalue weighted by Gasteiger charge is 2.10. The lowest BCUT2D eigenvalue weighted by Gasteiger charge is -1.89. The molecule has 0 saturated carbocycles. The van der Waals surface area contributed by atoms with Crippen LogP contribution in [0.1, 0.15) is 16.2 Å². The molecular weight excluding hydrogens is 182 g/mol. The zero-order valence-electron chi connectivity index (χ0n) is 7.57. The van der Waals surface area contributed by atoms with Crippen LogP contribution in [0.3, 0.4) is 0 Å². The number of carbonyl (C=O) groups is 1. The number of nitrogens with zero attached hydrogens (tertiary/aromatic N) is 1. The summed E-state index contributed by atoms with van der Waals surface area (Å²) in [5.41, 5.74) is 5.91. The van der Waals surface area contributed by atoms with Gasteiger partial charge in [-0.15, -0.1) is 0 Å². The second-order valence-electron chi connectivity index (χ2n) is 2.92. The fourth-order valence-corrected chi connectivity index (χ4v) is 1.14. The van der Waals surface area contributed by atoms with Gasteiger partial charge in [0, 0.05) is 6.20 Å². The van der Waals surface area contributed by atoms with Gasteiger partial charge in [0.05, 0.1) is 5.69 Å². The molecule has 0 saturated heterocycles. The molecule has 3 N–H and O–H groups in total. The number of carbonyl (C=O) groups excluding carboxylic acids is 1. The van der Waals surface area contributed by atoms with Gasteiger partial charge in [-0.2, -0.15) is 0 Å². The number of rotatable bonds is 2. The summed E-state index contributed by atoms with van der Waals surface area (Å²) in [6.07, 6.45) is 1.75. The molecule has 0 spiro atoms. The summed E-state index contributed by atoms with van der Waals surface area (Å²) < 4.78 is 5.18. The van der Waals surface area contributed by atoms with Crippen molar-refractivity contribution in [2.75, 3.05) is 0 Å². The lowest BCUT2D eigenvalue weighted by atomic mass is 10.4. The number of primary amides is 1. The third-order valence-corrected chi connectivity index (χ3v) is 1.79. The number of aryl methyl sites for hydroxylation is 1. The lowest BCUT2D eigenvalue weighted by molar-refractivity contribution is 0.0974. The second-order valence-corrected chi connectivity index (χ2v) is 2.92. The van der Waals surface area contributed by atoms with Gasteiger partial charge >= 0.3 is 0 Å². The molecular formula is C9H9N3O2. The molecule has 72 valence electrons. The van der Waals surface area contributed by atoms with Crippen LogP contribution >= 0.6 is 0 Å². The summed E-state index contributed by atoms with van der Waals surface area (Å²) in [7, 11) is 0. The van der Waals surface area contributed by atoms with Gasteiger partial charge in [0.1, 0.15) is 0 Å². The second kappa shape index (κ2) is 3.02. The van der Waals surface area contributed by atoms with E-state index in [0.717, 1.165) is 5.69 Å². The number of aromatic nitrogens is 2. The molecule has 1 amide bonds. The Morgan fingerprint density at radius 2 is 2.36 bits per heavy atom. The van der Waals surface area contributed by atoms with Crippen LogP contribution in [0.25, 0.3) is 11.6 Å². The number of hydrogen-bond donors (Lipinski definition) is 2. The topological polar surface area (TPSA) is 84.9 Å². The first-order valence-electron chi connectivity index (χ1n) is 4.09. The summed E-state index contributed by atoms with van der Waals surface area (Å²) >= 11 is 0. The maximum atomic E-state index is 10.7. The Balaban J connectivity index is 2.38. The van der Waals surface area contributed by atoms with Crippen molar-refractivity contribution in [1.29, 1.82) is 0 Å². The standard InChI is InChI=1S/C9H9N3O2/c1-5-4-11-9(12-5)7-3-2-6(14-7)8(10)13/h2-4H,1H3,(H2,10,13)(H,11,12). The van der Waals surface area contributed by atoms with E-state index in [0.29, 0.717) is 11.6 Å². The maximum Gasteiger partial charge on any atom is 0.284 e. The number of furan rings is 1. The van der Waals surface area contributed by atoms with Crippen LogP contribution in [-0.4, -0.2) is 15.9 Å². The van der Waals surface area contributed by atoms with E-state index < -0.39 is 5.91 Å². The monoisotopic (exact) mass is 191 g/mol. The summed E-state index contributed by atoms with van der Waals surface area (Å²) in [5, 5.41) is 0. The molecule has 2 aromatic rings. The van der Waals surface area contributed by atoms with Crippen LogP contribution in [0.5, 0.6) is 0 Å². The van der Waals surface area contributed by atoms with E-state index in [4.69, 9.17) is 10.2 Å². The van der Waals surface area contributed by atoms with Gasteiger partial charge in [-0.1, -0.05) is 0 Å². The molecule has 0 bridgehead atoms. The molecule has 5 nitrogen and oxygen atoms in total. The third kappa shape index (κ3) is 1.39. The zero-order chi connectivity index (χ0) is 10.1. The van der Waals surface area contributed by atoms with E-state index in [9.17, 15) is 4.79 Å². The highest BCUT2D eigenvalue weighted by atomic mass is 16.4. The number of aromatic amines is 1. The van der Waals surface area contributed by atoms with E-state index in [1.54, 1.807) is 12.3 Å². The van der Waals surface area contributed by atoms with Crippen molar-refractivity contribution >= 4 is 5.91 Å². The van der Waals surface area contributed by atoms with Crippen LogP contribution in [0.4, 0.5) is 0 Å². The SMILES string of the molecule is Cc1c[nH]c(-c2ccc(C(N)=O)o2)n1. The zero-order valence-corrected chi connectivity index (χ0v) is 7.57. The van der Waals surface area contributed by atoms with Crippen LogP contribution < -0.4 is 5.73 Å². The van der Waals surface area contributed by atoms with E-state index in [2.05, 4.69) is 9.97 Å². The molecule has 5 heteroatoms. The van der Waals surface area contributed by atoms with Crippen LogP contribution in [0.2, 0.25) is 0 Å². The molecule has 14 heavy (non-hydrogen) atoms. The van der Waals surface area contributed by atoms with Gasteiger partial charge in [-0.25, -0.2) is 4.98 Å². The molecule has 0 unspecified atom stereocenters. The summed E-state index contributed by atoms with van der Waals surface area (Å²) in [6, 6.07) is 3.17. The fraction of sp³-hybridized carbons (Fsp3) is 0.111. The maximum absolute atomic E-state index is 10.7. The quantitative estimate of drug-likeness (QED) is 0.744. The lowest BCUT2D eigenvalue weighted by Crippen LogP contribution is -2.09. The van der Waals surface area contributed by atoms with Crippen molar-refractivity contribution in [3.8, 4) is 11.6 Å². The van der Waals surface area contributed by atoms with E-state index in [1.807, 2.05) is 6.92 Å². The van der Waals surface area contributed by atoms with Crippen LogP contribution in [0.15, 0.2) is 22.7 Å². The average Bonchev–Trinajstić information content (AvgIpc) is 2.70. The van der Waals surface area contributed by atoms with Gasteiger partial charge in [0.15, 0.2) is 17.3 Å². The van der Waals surface area contributed by atoms with Gasteiger partial charge < -0.3 is 15.1 Å². The first kappa shape index (κ1) is 8.55. The Bertz CT molecular complexity index is 470. The largest absolute Gasteiger partial charge is 0.448 e. The van der Waals surface area contributed by atoms with Crippen molar-refractivity contribution in [2.45, 2.75) is 6.92 Å². The van der Waals surface area contributed by atoms with Gasteiger partial charge in [0.2, 0.25) is 0 Å². The minimum absolute atomic E-state index is 0.133. The van der Waals surface area contributed by atoms with Crippen molar-refractivity contribution < 1.29 is 9.21 Å². The molecule has 0 radical (unpaired) electrons. The van der Waals surface area contributed by atoms with Gasteiger partial charge in [0.25, 0.3) is 5.91 Å². The predicted molar refractivity (Wildman–Crippen MR) is 49.5 cm³/mol. The molecule has 0 fully saturated rings. The van der Waals surface area contributed by atoms with E-state index >= 15 is 0 Å². The highest BCUT2D eigenvalue weighted by molar-refractivity contribution is 5.90. The van der Waals surface area contributed by atoms with E-state index in [1.165, 1.54) is 6.07 Å². The fourth-order valence-electron chi connectivity index (χ4n) is 1.14. The Morgan fingerprint density at radius 3 is 2.86 bits per heavy atom. The molecule has 0 aliphatic rings. The Morgan fingerprint density at radius 1 is 1.57 bits per heavy atom. The van der Waals surface area contributed by atoms with Gasteiger partial charge in [-0.05, 0) is 19.1 Å². The first-order chi connectivity index (χ1) is 6.66. The molecule has 2 aromatic heterocycles. The van der Waals surface area contributed by atoms with Crippen molar-refractivity contribution in [2.24, 2.45) is 5.73 Å². The Kier molecular flexibility index (Phi) is 1.85. The number of nitrogens with one attached hydrogen (secondary N) is 1. The predicted octanol–water partition coefficient (Wildman–Crippen LogP) is 1.08. The number of nitrogens with two attached hydrogens (primary N) is 1. The van der Waals surface area contributed by atoms with Gasteiger partial charge in [-0.3, -0.25) is 4.79 Å². The molecule has 0 atom stereocenters. The van der Waals surface area contributed by atoms with Crippen molar-refractivity contribution in [3.05, 3.63) is 29.8 Å². The number of hydrogen-bond acceptors (Lipinski definition) is 3. The third-order valence-electron chi connectivity index (χ3n) is 1.79. The minimum atomic E-state index is -0.584. The molecule has 2 rings (SSSR count). The van der Waals surface area contributed by atoms with E-state index in [-0.39, 0.29) is 5.76 Å². The number of amides is 1. The number of H-pyrrole nitrogens is 1. The summed E-state index contributed by atoms with van der Waals surface area (Å²) in [5.74, 6) is 0.649. The first-order valence-corrected chi connectivity index (χ1v) is 4.09. The molecule has 0 aromatic carbocycles. The average molecular weight is 191 g/mol. The normalized spacial score (nSPS) is 10.4. The molecule has 0 aliphatic carbocycles. The highest BCUT2D eigenvalue weighted by Crippen LogP contribution is 2.18. The Hall–Kier alpha value is -2.04. The molecule has 2 heterocycles. The van der Waals surface area contributed by atoms with Crippen molar-refractivity contribution in [3.63, 3.8) is 0 Å². The van der Waals surface area contributed by atoms with Crippen LogP contribution in [0, 0.1) is 6.92 Å². The molecule has 0 aliphatic heterocycles. The van der Waals surface area contributed by atoms with Crippen molar-refractivity contribution in [1.82, 2.24) is 9.97 Å². The van der Waals surface area contributed by atoms with Crippen LogP contribution in [-0.2, 0) is 0 Å². The summed E-state index contributed by atoms with van der Waals surface area (Å²) in [4.78, 5) is 17.8. The minimum Gasteiger partial charge on any atom is -0.448 e. The Labute approximate surface area is 79.9 Å². The summed E-state index contributed by atoms with van der Waals surface area (Å²) in [6.45, 7) is 1.86. The smallest absolute Gasteiger partial charge is 0.284 e.